The molecule has 0 aromatic carbocycles. The van der Waals surface area contributed by atoms with Crippen molar-refractivity contribution in [2.75, 3.05) is 32.6 Å². The predicted molar refractivity (Wildman–Crippen MR) is 43.1 cm³/mol. The predicted octanol–water partition coefficient (Wildman–Crippen LogP) is 1.19. The summed E-state index contributed by atoms with van der Waals surface area (Å²) >= 11 is 0. The summed E-state index contributed by atoms with van der Waals surface area (Å²) in [5.74, 6) is 0. The molecule has 0 radical (unpaired) electrons. The van der Waals surface area contributed by atoms with E-state index in [9.17, 15) is 8.76 Å². The molecule has 1 unspecified atom stereocenters. The highest BCUT2D eigenvalue weighted by Gasteiger charge is 2.20. The molecular weight excluding hydrogens is 186 g/mol. The topological polar surface area (TPSA) is 55.8 Å². The van der Waals surface area contributed by atoms with E-state index in [0.29, 0.717) is 0 Å². The van der Waals surface area contributed by atoms with Gasteiger partial charge >= 0.3 is 7.68 Å². The summed E-state index contributed by atoms with van der Waals surface area (Å²) in [6, 6.07) is 0. The van der Waals surface area contributed by atoms with E-state index >= 15 is 0 Å². The molecule has 0 aliphatic heterocycles. The van der Waals surface area contributed by atoms with Crippen molar-refractivity contribution < 1.29 is 23.1 Å². The standard InChI is InChI=1S/C6H14FO4P/c1-2-11-12(7,9)6-5-10-4-3-8/h8H,2-6H2,1H3. The van der Waals surface area contributed by atoms with E-state index in [1.807, 2.05) is 0 Å². The molecule has 12 heavy (non-hydrogen) atoms. The van der Waals surface area contributed by atoms with E-state index in [1.165, 1.54) is 0 Å². The van der Waals surface area contributed by atoms with Crippen molar-refractivity contribution in [3.8, 4) is 0 Å². The summed E-state index contributed by atoms with van der Waals surface area (Å²) in [7, 11) is -3.94. The number of aliphatic hydroxyl groups is 1. The maximum atomic E-state index is 12.7. The highest BCUT2D eigenvalue weighted by Crippen LogP contribution is 2.47. The van der Waals surface area contributed by atoms with E-state index in [2.05, 4.69) is 4.52 Å². The van der Waals surface area contributed by atoms with E-state index in [1.54, 1.807) is 6.92 Å². The van der Waals surface area contributed by atoms with Crippen LogP contribution in [0.3, 0.4) is 0 Å². The number of ether oxygens (including phenoxy) is 1. The molecule has 0 saturated carbocycles. The average molecular weight is 200 g/mol. The summed E-state index contributed by atoms with van der Waals surface area (Å²) < 4.78 is 32.5. The molecule has 0 aromatic rings. The van der Waals surface area contributed by atoms with Crippen LogP contribution in [0.15, 0.2) is 0 Å². The molecule has 1 atom stereocenters. The van der Waals surface area contributed by atoms with Crippen molar-refractivity contribution in [2.45, 2.75) is 6.92 Å². The monoisotopic (exact) mass is 200 g/mol. The zero-order valence-electron chi connectivity index (χ0n) is 7.03. The molecule has 0 aliphatic rings. The molecule has 0 rings (SSSR count). The van der Waals surface area contributed by atoms with Gasteiger partial charge in [-0.15, -0.1) is 0 Å². The van der Waals surface area contributed by atoms with Gasteiger partial charge in [0.05, 0.1) is 32.6 Å². The molecule has 6 heteroatoms. The largest absolute Gasteiger partial charge is 0.394 e. The molecule has 1 N–H and O–H groups in total. The molecule has 0 saturated heterocycles. The first kappa shape index (κ1) is 12.0. The van der Waals surface area contributed by atoms with Gasteiger partial charge in [-0.3, -0.25) is 4.57 Å². The summed E-state index contributed by atoms with van der Waals surface area (Å²) in [5.41, 5.74) is 0. The van der Waals surface area contributed by atoms with Gasteiger partial charge in [0.25, 0.3) is 0 Å². The molecule has 0 bridgehead atoms. The maximum Gasteiger partial charge on any atom is 0.369 e. The molecule has 0 fully saturated rings. The Kier molecular flexibility index (Phi) is 6.57. The average Bonchev–Trinajstić information content (AvgIpc) is 1.98. The number of halogens is 1. The second kappa shape index (κ2) is 6.54. The summed E-state index contributed by atoms with van der Waals surface area (Å²) in [4.78, 5) is 0. The van der Waals surface area contributed by atoms with Gasteiger partial charge in [-0.25, -0.2) is 0 Å². The van der Waals surface area contributed by atoms with Crippen LogP contribution in [0.4, 0.5) is 4.20 Å². The summed E-state index contributed by atoms with van der Waals surface area (Å²) in [6.07, 6.45) is -0.249. The lowest BCUT2D eigenvalue weighted by atomic mass is 10.7. The lowest BCUT2D eigenvalue weighted by Crippen LogP contribution is -2.04. The quantitative estimate of drug-likeness (QED) is 0.495. The van der Waals surface area contributed by atoms with Gasteiger partial charge in [0.15, 0.2) is 0 Å². The van der Waals surface area contributed by atoms with Crippen LogP contribution in [0, 0.1) is 0 Å². The van der Waals surface area contributed by atoms with Gasteiger partial charge < -0.3 is 14.4 Å². The molecule has 74 valence electrons. The Morgan fingerprint density at radius 2 is 2.17 bits per heavy atom. The third kappa shape index (κ3) is 6.73. The molecule has 0 amide bonds. The maximum absolute atomic E-state index is 12.7. The number of rotatable bonds is 7. The van der Waals surface area contributed by atoms with Gasteiger partial charge in [0, 0.05) is 0 Å². The van der Waals surface area contributed by atoms with Crippen molar-refractivity contribution >= 4 is 7.68 Å². The van der Waals surface area contributed by atoms with Gasteiger partial charge in [0.1, 0.15) is 0 Å². The van der Waals surface area contributed by atoms with Crippen LogP contribution in [0.2, 0.25) is 0 Å². The highest BCUT2D eigenvalue weighted by molar-refractivity contribution is 7.53. The van der Waals surface area contributed by atoms with Crippen molar-refractivity contribution in [3.63, 3.8) is 0 Å². The molecule has 0 aromatic heterocycles. The summed E-state index contributed by atoms with van der Waals surface area (Å²) in [6.45, 7) is 1.68. The number of hydrogen-bond acceptors (Lipinski definition) is 4. The van der Waals surface area contributed by atoms with Crippen molar-refractivity contribution in [2.24, 2.45) is 0 Å². The van der Waals surface area contributed by atoms with Crippen LogP contribution in [0.25, 0.3) is 0 Å². The van der Waals surface area contributed by atoms with E-state index < -0.39 is 7.68 Å². The van der Waals surface area contributed by atoms with Gasteiger partial charge in [0.2, 0.25) is 0 Å². The zero-order valence-corrected chi connectivity index (χ0v) is 7.93. The zero-order chi connectivity index (χ0) is 9.45. The summed E-state index contributed by atoms with van der Waals surface area (Å²) in [5, 5.41) is 8.28. The van der Waals surface area contributed by atoms with Crippen molar-refractivity contribution in [3.05, 3.63) is 0 Å². The molecule has 0 spiro atoms. The first-order chi connectivity index (χ1) is 5.62. The van der Waals surface area contributed by atoms with E-state index in [-0.39, 0.29) is 32.6 Å². The fourth-order valence-electron chi connectivity index (χ4n) is 0.598. The van der Waals surface area contributed by atoms with Crippen LogP contribution in [-0.2, 0) is 13.8 Å². The Hall–Kier alpha value is 0.0400. The first-order valence-corrected chi connectivity index (χ1v) is 5.44. The Morgan fingerprint density at radius 3 is 2.67 bits per heavy atom. The Bertz CT molecular complexity index is 152. The van der Waals surface area contributed by atoms with E-state index in [4.69, 9.17) is 9.84 Å². The molecule has 4 nitrogen and oxygen atoms in total. The molecule has 0 heterocycles. The minimum Gasteiger partial charge on any atom is -0.394 e. The van der Waals surface area contributed by atoms with Crippen molar-refractivity contribution in [1.82, 2.24) is 0 Å². The minimum absolute atomic E-state index is 0.00827. The minimum atomic E-state index is -3.94. The fraction of sp³-hybridized carbons (Fsp3) is 1.00. The third-order valence-electron chi connectivity index (χ3n) is 1.06. The smallest absolute Gasteiger partial charge is 0.369 e. The third-order valence-corrected chi connectivity index (χ3v) is 2.42. The van der Waals surface area contributed by atoms with Gasteiger partial charge in [-0.1, -0.05) is 0 Å². The number of hydrogen-bond donors (Lipinski definition) is 1. The van der Waals surface area contributed by atoms with Crippen LogP contribution < -0.4 is 0 Å². The van der Waals surface area contributed by atoms with Crippen LogP contribution >= 0.6 is 7.68 Å². The van der Waals surface area contributed by atoms with Crippen LogP contribution in [0.5, 0.6) is 0 Å². The normalized spacial score (nSPS) is 15.9. The van der Waals surface area contributed by atoms with Crippen LogP contribution in [-0.4, -0.2) is 37.7 Å². The second-order valence-corrected chi connectivity index (χ2v) is 3.95. The van der Waals surface area contributed by atoms with E-state index in [0.717, 1.165) is 0 Å². The lowest BCUT2D eigenvalue weighted by molar-refractivity contribution is 0.100. The first-order valence-electron chi connectivity index (χ1n) is 3.74. The fourth-order valence-corrected chi connectivity index (χ4v) is 1.46. The van der Waals surface area contributed by atoms with Gasteiger partial charge in [-0.2, -0.15) is 4.20 Å². The second-order valence-electron chi connectivity index (χ2n) is 2.07. The Labute approximate surface area is 71.2 Å². The van der Waals surface area contributed by atoms with Crippen LogP contribution in [0.1, 0.15) is 6.92 Å². The molecule has 0 aliphatic carbocycles. The van der Waals surface area contributed by atoms with Crippen molar-refractivity contribution in [1.29, 1.82) is 0 Å². The highest BCUT2D eigenvalue weighted by atomic mass is 31.2. The lowest BCUT2D eigenvalue weighted by Gasteiger charge is -2.07. The number of aliphatic hydroxyl groups excluding tert-OH is 1. The Morgan fingerprint density at radius 1 is 1.50 bits per heavy atom. The molecular formula is C6H14FO4P. The Balaban J connectivity index is 3.41. The SMILES string of the molecule is CCOP(=O)(F)CCOCCO. The van der Waals surface area contributed by atoms with Gasteiger partial charge in [-0.05, 0) is 6.92 Å².